The molecule has 1 aromatic carbocycles. The van der Waals surface area contributed by atoms with Crippen LogP contribution in [-0.2, 0) is 6.18 Å². The molecule has 2 heterocycles. The quantitative estimate of drug-likeness (QED) is 0.779. The van der Waals surface area contributed by atoms with Crippen LogP contribution in [0.5, 0.6) is 0 Å². The van der Waals surface area contributed by atoms with E-state index in [-0.39, 0.29) is 42.5 Å². The van der Waals surface area contributed by atoms with Crippen molar-refractivity contribution in [2.45, 2.75) is 25.1 Å². The van der Waals surface area contributed by atoms with E-state index in [0.717, 1.165) is 36.3 Å². The number of amides is 1. The van der Waals surface area contributed by atoms with E-state index < -0.39 is 11.7 Å². The third kappa shape index (κ3) is 5.09. The molecule has 0 bridgehead atoms. The van der Waals surface area contributed by atoms with Crippen LogP contribution in [0.4, 0.5) is 13.2 Å². The highest BCUT2D eigenvalue weighted by Crippen LogP contribution is 2.33. The Morgan fingerprint density at radius 1 is 1.31 bits per heavy atom. The Kier molecular flexibility index (Phi) is 7.88. The Morgan fingerprint density at radius 3 is 2.69 bits per heavy atom. The fourth-order valence-corrected chi connectivity index (χ4v) is 3.48. The number of benzene rings is 1. The summed E-state index contributed by atoms with van der Waals surface area (Å²) in [6, 6.07) is 4.91. The van der Waals surface area contributed by atoms with Crippen LogP contribution >= 0.6 is 36.2 Å². The van der Waals surface area contributed by atoms with Gasteiger partial charge in [0.2, 0.25) is 0 Å². The summed E-state index contributed by atoms with van der Waals surface area (Å²) in [7, 11) is 0. The maximum Gasteiger partial charge on any atom is 0.416 e. The predicted molar refractivity (Wildman–Crippen MR) is 100 cm³/mol. The van der Waals surface area contributed by atoms with E-state index in [0.29, 0.717) is 23.7 Å². The van der Waals surface area contributed by atoms with E-state index in [1.54, 1.807) is 16.3 Å². The maximum absolute atomic E-state index is 12.8. The van der Waals surface area contributed by atoms with E-state index in [9.17, 15) is 18.0 Å². The average Bonchev–Trinajstić information content (AvgIpc) is 3.03. The van der Waals surface area contributed by atoms with Crippen molar-refractivity contribution in [3.63, 3.8) is 0 Å². The second-order valence-corrected chi connectivity index (χ2v) is 6.63. The molecule has 144 valence electrons. The van der Waals surface area contributed by atoms with Crippen molar-refractivity contribution in [1.82, 2.24) is 9.88 Å². The molecule has 26 heavy (non-hydrogen) atoms. The minimum atomic E-state index is -4.41. The van der Waals surface area contributed by atoms with Gasteiger partial charge in [0.05, 0.1) is 5.56 Å². The lowest BCUT2D eigenvalue weighted by Gasteiger charge is -2.30. The Hall–Kier alpha value is -1.35. The number of carbonyl (C=O) groups is 1. The molecule has 0 radical (unpaired) electrons. The highest BCUT2D eigenvalue weighted by atomic mass is 35.5. The van der Waals surface area contributed by atoms with Crippen molar-refractivity contribution in [3.8, 4) is 10.6 Å². The normalized spacial score (nSPS) is 17.2. The number of piperidine rings is 1. The first kappa shape index (κ1) is 22.7. The number of aromatic nitrogens is 1. The van der Waals surface area contributed by atoms with E-state index in [4.69, 9.17) is 5.73 Å². The van der Waals surface area contributed by atoms with Gasteiger partial charge in [-0.1, -0.05) is 12.1 Å². The van der Waals surface area contributed by atoms with Crippen molar-refractivity contribution in [3.05, 3.63) is 40.9 Å². The fraction of sp³-hybridized carbons (Fsp3) is 0.375. The van der Waals surface area contributed by atoms with E-state index >= 15 is 0 Å². The summed E-state index contributed by atoms with van der Waals surface area (Å²) in [6.07, 6.45) is -2.68. The monoisotopic (exact) mass is 427 g/mol. The third-order valence-corrected chi connectivity index (χ3v) is 4.80. The van der Waals surface area contributed by atoms with E-state index in [1.165, 1.54) is 6.07 Å². The topological polar surface area (TPSA) is 59.2 Å². The minimum Gasteiger partial charge on any atom is -0.336 e. The maximum atomic E-state index is 12.8. The summed E-state index contributed by atoms with van der Waals surface area (Å²) in [6.45, 7) is 1.11. The third-order valence-electron chi connectivity index (χ3n) is 3.91. The number of likely N-dealkylation sites (tertiary alicyclic amines) is 1. The van der Waals surface area contributed by atoms with Crippen molar-refractivity contribution < 1.29 is 18.0 Å². The summed E-state index contributed by atoms with van der Waals surface area (Å²) in [5.74, 6) is -0.223. The number of alkyl halides is 3. The summed E-state index contributed by atoms with van der Waals surface area (Å²) in [5.41, 5.74) is 5.75. The number of nitrogens with two attached hydrogens (primary N) is 1. The minimum absolute atomic E-state index is 0. The molecule has 2 aromatic rings. The van der Waals surface area contributed by atoms with E-state index in [2.05, 4.69) is 4.98 Å². The molecule has 1 aromatic heterocycles. The summed E-state index contributed by atoms with van der Waals surface area (Å²) >= 11 is 1.16. The lowest BCUT2D eigenvalue weighted by molar-refractivity contribution is -0.137. The zero-order valence-electron chi connectivity index (χ0n) is 13.5. The molecule has 2 N–H and O–H groups in total. The van der Waals surface area contributed by atoms with Crippen LogP contribution in [0.2, 0.25) is 0 Å². The predicted octanol–water partition coefficient (Wildman–Crippen LogP) is 4.24. The molecule has 1 unspecified atom stereocenters. The zero-order valence-corrected chi connectivity index (χ0v) is 16.0. The van der Waals surface area contributed by atoms with Crippen LogP contribution in [0, 0.1) is 0 Å². The van der Waals surface area contributed by atoms with Gasteiger partial charge in [-0.2, -0.15) is 13.2 Å². The fourth-order valence-electron chi connectivity index (χ4n) is 2.69. The van der Waals surface area contributed by atoms with Crippen molar-refractivity contribution >= 4 is 42.1 Å². The zero-order chi connectivity index (χ0) is 17.3. The first-order valence-corrected chi connectivity index (χ1v) is 8.40. The number of hydrogen-bond donors (Lipinski definition) is 1. The van der Waals surface area contributed by atoms with Crippen LogP contribution in [0.1, 0.15) is 28.9 Å². The standard InChI is InChI=1S/C16H16F3N3OS.2ClH/c17-16(18,19)11-4-1-3-10(7-11)14-21-13(9-24-14)15(23)22-6-2-5-12(20)8-22;;/h1,3-4,7,9,12H,2,5-6,8,20H2;2*1H. The molecule has 10 heteroatoms. The molecule has 4 nitrogen and oxygen atoms in total. The van der Waals surface area contributed by atoms with Crippen LogP contribution in [0.25, 0.3) is 10.6 Å². The Morgan fingerprint density at radius 2 is 2.04 bits per heavy atom. The number of carbonyl (C=O) groups excluding carboxylic acids is 1. The van der Waals surface area contributed by atoms with Gasteiger partial charge in [-0.05, 0) is 25.0 Å². The van der Waals surface area contributed by atoms with Gasteiger partial charge in [0, 0.05) is 30.1 Å². The second kappa shape index (κ2) is 9.03. The molecule has 0 aliphatic carbocycles. The van der Waals surface area contributed by atoms with Crippen molar-refractivity contribution in [2.24, 2.45) is 5.73 Å². The van der Waals surface area contributed by atoms with Gasteiger partial charge in [-0.15, -0.1) is 36.2 Å². The van der Waals surface area contributed by atoms with Gasteiger partial charge < -0.3 is 10.6 Å². The SMILES string of the molecule is Cl.Cl.NC1CCCN(C(=O)c2csc(-c3cccc(C(F)(F)F)c3)n2)C1. The summed E-state index contributed by atoms with van der Waals surface area (Å²) in [4.78, 5) is 18.3. The molecule has 1 aliphatic heterocycles. The molecular weight excluding hydrogens is 410 g/mol. The first-order valence-electron chi connectivity index (χ1n) is 7.52. The molecule has 1 aliphatic rings. The molecular formula is C16H18Cl2F3N3OS. The number of halogens is 5. The van der Waals surface area contributed by atoms with Crippen LogP contribution < -0.4 is 5.73 Å². The van der Waals surface area contributed by atoms with E-state index in [1.807, 2.05) is 0 Å². The van der Waals surface area contributed by atoms with Crippen molar-refractivity contribution in [2.75, 3.05) is 13.1 Å². The largest absolute Gasteiger partial charge is 0.416 e. The van der Waals surface area contributed by atoms with Crippen molar-refractivity contribution in [1.29, 1.82) is 0 Å². The lowest BCUT2D eigenvalue weighted by Crippen LogP contribution is -2.45. The second-order valence-electron chi connectivity index (χ2n) is 5.77. The number of thiazole rings is 1. The molecule has 1 atom stereocenters. The highest BCUT2D eigenvalue weighted by Gasteiger charge is 2.31. The van der Waals surface area contributed by atoms with Gasteiger partial charge in [-0.25, -0.2) is 4.98 Å². The number of rotatable bonds is 2. The van der Waals surface area contributed by atoms with Gasteiger partial charge in [0.1, 0.15) is 10.7 Å². The molecule has 0 saturated carbocycles. The van der Waals surface area contributed by atoms with Gasteiger partial charge in [0.15, 0.2) is 0 Å². The number of nitrogens with zero attached hydrogens (tertiary/aromatic N) is 2. The molecule has 1 amide bonds. The van der Waals surface area contributed by atoms with Crippen LogP contribution in [0.15, 0.2) is 29.6 Å². The molecule has 3 rings (SSSR count). The smallest absolute Gasteiger partial charge is 0.336 e. The van der Waals surface area contributed by atoms with Crippen LogP contribution in [-0.4, -0.2) is 34.9 Å². The number of hydrogen-bond acceptors (Lipinski definition) is 4. The Labute approximate surface area is 165 Å². The summed E-state index contributed by atoms with van der Waals surface area (Å²) in [5, 5.41) is 1.98. The molecule has 1 fully saturated rings. The average molecular weight is 428 g/mol. The molecule has 1 saturated heterocycles. The lowest BCUT2D eigenvalue weighted by atomic mass is 10.1. The van der Waals surface area contributed by atoms with Crippen LogP contribution in [0.3, 0.4) is 0 Å². The Bertz CT molecular complexity index is 754. The first-order chi connectivity index (χ1) is 11.3. The summed E-state index contributed by atoms with van der Waals surface area (Å²) < 4.78 is 38.4. The van der Waals surface area contributed by atoms with Gasteiger partial charge >= 0.3 is 6.18 Å². The van der Waals surface area contributed by atoms with Gasteiger partial charge in [-0.3, -0.25) is 4.79 Å². The molecule has 0 spiro atoms. The Balaban J connectivity index is 0.00000169. The van der Waals surface area contributed by atoms with Gasteiger partial charge in [0.25, 0.3) is 5.91 Å². The highest BCUT2D eigenvalue weighted by molar-refractivity contribution is 7.13.